The molecule has 1 amide bonds. The van der Waals surface area contributed by atoms with Crippen LogP contribution >= 0.6 is 0 Å². The van der Waals surface area contributed by atoms with E-state index in [2.05, 4.69) is 15.7 Å². The maximum absolute atomic E-state index is 11.9. The van der Waals surface area contributed by atoms with Gasteiger partial charge >= 0.3 is 5.97 Å². The Morgan fingerprint density at radius 1 is 1.33 bits per heavy atom. The minimum Gasteiger partial charge on any atom is -0.480 e. The maximum Gasteiger partial charge on any atom is 0.320 e. The number of carboxylic acid groups (broad SMARTS) is 1. The molecule has 21 heavy (non-hydrogen) atoms. The molecule has 7 nitrogen and oxygen atoms in total. The van der Waals surface area contributed by atoms with Crippen molar-refractivity contribution in [2.45, 2.75) is 46.2 Å². The highest BCUT2D eigenvalue weighted by Gasteiger charge is 2.19. The monoisotopic (exact) mass is 296 g/mol. The van der Waals surface area contributed by atoms with E-state index in [-0.39, 0.29) is 24.4 Å². The Bertz CT molecular complexity index is 482. The molecule has 1 atom stereocenters. The summed E-state index contributed by atoms with van der Waals surface area (Å²) in [5.41, 5.74) is 0. The summed E-state index contributed by atoms with van der Waals surface area (Å²) in [4.78, 5) is 23.0. The number of amides is 1. The van der Waals surface area contributed by atoms with Crippen molar-refractivity contribution in [3.8, 4) is 0 Å². The van der Waals surface area contributed by atoms with Crippen molar-refractivity contribution in [2.24, 2.45) is 5.92 Å². The number of aliphatic carboxylic acids is 1. The van der Waals surface area contributed by atoms with Crippen LogP contribution in [0.25, 0.3) is 0 Å². The summed E-state index contributed by atoms with van der Waals surface area (Å²) < 4.78 is 1.70. The summed E-state index contributed by atoms with van der Waals surface area (Å²) >= 11 is 0. The zero-order valence-electron chi connectivity index (χ0n) is 13.0. The lowest BCUT2D eigenvalue weighted by molar-refractivity contribution is -0.139. The van der Waals surface area contributed by atoms with Crippen LogP contribution in [0.5, 0.6) is 0 Å². The molecule has 1 aromatic heterocycles. The molecule has 1 heterocycles. The van der Waals surface area contributed by atoms with E-state index in [4.69, 9.17) is 5.11 Å². The highest BCUT2D eigenvalue weighted by Crippen LogP contribution is 2.12. The third-order valence-electron chi connectivity index (χ3n) is 2.94. The van der Waals surface area contributed by atoms with Gasteiger partial charge in [-0.2, -0.15) is 5.10 Å². The maximum atomic E-state index is 11.9. The molecule has 118 valence electrons. The Morgan fingerprint density at radius 3 is 2.52 bits per heavy atom. The fourth-order valence-electron chi connectivity index (χ4n) is 1.97. The second-order valence-corrected chi connectivity index (χ2v) is 5.70. The normalized spacial score (nSPS) is 12.7. The number of rotatable bonds is 8. The Morgan fingerprint density at radius 2 is 2.00 bits per heavy atom. The van der Waals surface area contributed by atoms with Gasteiger partial charge in [-0.25, -0.2) is 4.68 Å². The van der Waals surface area contributed by atoms with Crippen molar-refractivity contribution in [1.29, 1.82) is 0 Å². The molecular weight excluding hydrogens is 272 g/mol. The van der Waals surface area contributed by atoms with Crippen LogP contribution in [-0.4, -0.2) is 39.4 Å². The number of hydrogen-bond acceptors (Lipinski definition) is 4. The number of hydrogen-bond donors (Lipinski definition) is 3. The third kappa shape index (κ3) is 5.55. The molecule has 0 aliphatic heterocycles. The van der Waals surface area contributed by atoms with E-state index in [1.807, 2.05) is 27.7 Å². The van der Waals surface area contributed by atoms with Crippen molar-refractivity contribution in [2.75, 3.05) is 11.9 Å². The van der Waals surface area contributed by atoms with Gasteiger partial charge in [-0.3, -0.25) is 14.9 Å². The van der Waals surface area contributed by atoms with E-state index < -0.39 is 12.0 Å². The van der Waals surface area contributed by atoms with E-state index in [0.29, 0.717) is 12.2 Å². The predicted molar refractivity (Wildman–Crippen MR) is 80.1 cm³/mol. The standard InChI is InChI=1S/C14H24N4O3/c1-9(2)7-11(14(20)21)15-8-13(19)17-12-5-6-16-18(12)10(3)4/h5-6,9-11,15H,7-8H2,1-4H3,(H,17,19)(H,20,21). The lowest BCUT2D eigenvalue weighted by Gasteiger charge is -2.16. The molecule has 0 spiro atoms. The Labute approximate surface area is 124 Å². The average molecular weight is 296 g/mol. The van der Waals surface area contributed by atoms with Gasteiger partial charge in [0.05, 0.1) is 12.7 Å². The minimum atomic E-state index is -0.941. The fraction of sp³-hybridized carbons (Fsp3) is 0.643. The molecule has 3 N–H and O–H groups in total. The van der Waals surface area contributed by atoms with E-state index in [1.165, 1.54) is 0 Å². The molecule has 0 saturated carbocycles. The van der Waals surface area contributed by atoms with Gasteiger partial charge in [0.2, 0.25) is 5.91 Å². The molecule has 7 heteroatoms. The molecule has 0 fully saturated rings. The number of nitrogens with one attached hydrogen (secondary N) is 2. The van der Waals surface area contributed by atoms with Crippen LogP contribution in [0.1, 0.15) is 40.2 Å². The smallest absolute Gasteiger partial charge is 0.320 e. The summed E-state index contributed by atoms with van der Waals surface area (Å²) in [7, 11) is 0. The third-order valence-corrected chi connectivity index (χ3v) is 2.94. The van der Waals surface area contributed by atoms with Gasteiger partial charge in [0.1, 0.15) is 11.9 Å². The van der Waals surface area contributed by atoms with Crippen LogP contribution < -0.4 is 10.6 Å². The predicted octanol–water partition coefficient (Wildman–Crippen LogP) is 1.49. The van der Waals surface area contributed by atoms with Crippen molar-refractivity contribution < 1.29 is 14.7 Å². The lowest BCUT2D eigenvalue weighted by Crippen LogP contribution is -2.42. The zero-order valence-corrected chi connectivity index (χ0v) is 13.0. The number of carboxylic acids is 1. The Hall–Kier alpha value is -1.89. The summed E-state index contributed by atoms with van der Waals surface area (Å²) in [5.74, 6) is -0.382. The zero-order chi connectivity index (χ0) is 16.0. The van der Waals surface area contributed by atoms with E-state index in [9.17, 15) is 9.59 Å². The summed E-state index contributed by atoms with van der Waals surface area (Å²) in [6, 6.07) is 1.13. The number of carbonyl (C=O) groups is 2. The number of aromatic nitrogens is 2. The molecule has 0 aliphatic carbocycles. The first-order chi connectivity index (χ1) is 9.81. The van der Waals surface area contributed by atoms with Gasteiger partial charge in [0, 0.05) is 12.1 Å². The van der Waals surface area contributed by atoms with Gasteiger partial charge in [-0.15, -0.1) is 0 Å². The second-order valence-electron chi connectivity index (χ2n) is 5.70. The number of anilines is 1. The van der Waals surface area contributed by atoms with E-state index in [1.54, 1.807) is 16.9 Å². The second kappa shape index (κ2) is 7.78. The fourth-order valence-corrected chi connectivity index (χ4v) is 1.97. The van der Waals surface area contributed by atoms with Crippen molar-refractivity contribution in [3.05, 3.63) is 12.3 Å². The first-order valence-corrected chi connectivity index (χ1v) is 7.10. The minimum absolute atomic E-state index is 0.0486. The first-order valence-electron chi connectivity index (χ1n) is 7.10. The molecule has 1 aromatic rings. The van der Waals surface area contributed by atoms with Crippen LogP contribution in [0, 0.1) is 5.92 Å². The van der Waals surface area contributed by atoms with Crippen LogP contribution in [0.3, 0.4) is 0 Å². The summed E-state index contributed by atoms with van der Waals surface area (Å²) in [6.45, 7) is 7.76. The molecule has 0 aliphatic rings. The van der Waals surface area contributed by atoms with Crippen LogP contribution in [0.15, 0.2) is 12.3 Å². The molecular formula is C14H24N4O3. The Kier molecular flexibility index (Phi) is 6.36. The summed E-state index contributed by atoms with van der Waals surface area (Å²) in [5, 5.41) is 18.7. The van der Waals surface area contributed by atoms with Crippen LogP contribution in [0.2, 0.25) is 0 Å². The number of carbonyl (C=O) groups excluding carboxylic acids is 1. The van der Waals surface area contributed by atoms with Crippen LogP contribution in [0.4, 0.5) is 5.82 Å². The van der Waals surface area contributed by atoms with Gasteiger partial charge in [0.15, 0.2) is 0 Å². The van der Waals surface area contributed by atoms with Crippen molar-refractivity contribution >= 4 is 17.7 Å². The topological polar surface area (TPSA) is 96.3 Å². The van der Waals surface area contributed by atoms with Crippen molar-refractivity contribution in [3.63, 3.8) is 0 Å². The molecule has 1 rings (SSSR count). The number of nitrogens with zero attached hydrogens (tertiary/aromatic N) is 2. The molecule has 0 saturated heterocycles. The first kappa shape index (κ1) is 17.2. The molecule has 0 aromatic carbocycles. The highest BCUT2D eigenvalue weighted by molar-refractivity contribution is 5.91. The Balaban J connectivity index is 2.53. The molecule has 0 bridgehead atoms. The van der Waals surface area contributed by atoms with Crippen LogP contribution in [-0.2, 0) is 9.59 Å². The van der Waals surface area contributed by atoms with E-state index in [0.717, 1.165) is 0 Å². The lowest BCUT2D eigenvalue weighted by atomic mass is 10.0. The van der Waals surface area contributed by atoms with Crippen molar-refractivity contribution in [1.82, 2.24) is 15.1 Å². The van der Waals surface area contributed by atoms with Gasteiger partial charge in [0.25, 0.3) is 0 Å². The van der Waals surface area contributed by atoms with Gasteiger partial charge in [-0.1, -0.05) is 13.8 Å². The van der Waals surface area contributed by atoms with Gasteiger partial charge in [-0.05, 0) is 26.2 Å². The van der Waals surface area contributed by atoms with Gasteiger partial charge < -0.3 is 10.4 Å². The highest BCUT2D eigenvalue weighted by atomic mass is 16.4. The average Bonchev–Trinajstić information content (AvgIpc) is 2.81. The molecule has 0 radical (unpaired) electrons. The SMILES string of the molecule is CC(C)CC(NCC(=O)Nc1ccnn1C(C)C)C(=O)O. The quantitative estimate of drug-likeness (QED) is 0.675. The largest absolute Gasteiger partial charge is 0.480 e. The van der Waals surface area contributed by atoms with E-state index >= 15 is 0 Å². The summed E-state index contributed by atoms with van der Waals surface area (Å²) in [6.07, 6.45) is 2.09. The molecule has 1 unspecified atom stereocenters.